The van der Waals surface area contributed by atoms with Gasteiger partial charge in [-0.25, -0.2) is 0 Å². The van der Waals surface area contributed by atoms with E-state index in [1.165, 1.54) is 6.92 Å². The molecule has 0 N–H and O–H groups in total. The predicted octanol–water partition coefficient (Wildman–Crippen LogP) is 5.45. The van der Waals surface area contributed by atoms with Crippen molar-refractivity contribution < 1.29 is 14.3 Å². The van der Waals surface area contributed by atoms with Crippen LogP contribution in [0.4, 0.5) is 0 Å². The molecule has 2 aromatic rings. The predicted molar refractivity (Wildman–Crippen MR) is 116 cm³/mol. The molecule has 0 unspecified atom stereocenters. The molecule has 1 saturated heterocycles. The Balaban J connectivity index is 1.39. The highest BCUT2D eigenvalue weighted by atomic mass is 35.5. The topological polar surface area (TPSA) is 46.6 Å². The summed E-state index contributed by atoms with van der Waals surface area (Å²) in [6, 6.07) is 12.6. The molecule has 0 amide bonds. The molecule has 0 atom stereocenters. The Labute approximate surface area is 181 Å². The average Bonchev–Trinajstić information content (AvgIpc) is 2.71. The van der Waals surface area contributed by atoms with E-state index in [0.29, 0.717) is 33.7 Å². The first-order valence-corrected chi connectivity index (χ1v) is 10.6. The number of Topliss-reactive ketones (excluding diaryl/α,β-unsaturated/α-hetero) is 2. The van der Waals surface area contributed by atoms with Gasteiger partial charge in [0.25, 0.3) is 0 Å². The first-order chi connectivity index (χ1) is 13.9. The third kappa shape index (κ3) is 6.56. The van der Waals surface area contributed by atoms with E-state index >= 15 is 0 Å². The second-order valence-electron chi connectivity index (χ2n) is 7.58. The molecule has 0 bridgehead atoms. The van der Waals surface area contributed by atoms with E-state index in [-0.39, 0.29) is 18.2 Å². The lowest BCUT2D eigenvalue weighted by Crippen LogP contribution is -2.34. The Hall–Kier alpha value is -1.88. The minimum Gasteiger partial charge on any atom is -0.486 e. The lowest BCUT2D eigenvalue weighted by atomic mass is 9.91. The molecule has 3 rings (SSSR count). The average molecular weight is 434 g/mol. The van der Waals surface area contributed by atoms with Gasteiger partial charge in [-0.3, -0.25) is 14.5 Å². The molecular weight excluding hydrogens is 409 g/mol. The van der Waals surface area contributed by atoms with Crippen LogP contribution in [0.25, 0.3) is 0 Å². The van der Waals surface area contributed by atoms with Crippen molar-refractivity contribution in [3.63, 3.8) is 0 Å². The van der Waals surface area contributed by atoms with Crippen LogP contribution in [-0.4, -0.2) is 36.2 Å². The van der Waals surface area contributed by atoms with E-state index in [0.717, 1.165) is 38.0 Å². The van der Waals surface area contributed by atoms with Crippen LogP contribution in [-0.2, 0) is 11.3 Å². The lowest BCUT2D eigenvalue weighted by molar-refractivity contribution is -0.122. The summed E-state index contributed by atoms with van der Waals surface area (Å²) >= 11 is 12.1. The Morgan fingerprint density at radius 2 is 1.72 bits per heavy atom. The second-order valence-corrected chi connectivity index (χ2v) is 8.39. The van der Waals surface area contributed by atoms with Gasteiger partial charge < -0.3 is 4.74 Å². The van der Waals surface area contributed by atoms with Crippen molar-refractivity contribution in [1.82, 2.24) is 4.90 Å². The molecule has 0 aromatic heterocycles. The molecule has 0 spiro atoms. The van der Waals surface area contributed by atoms with Crippen LogP contribution in [0.3, 0.4) is 0 Å². The van der Waals surface area contributed by atoms with Crippen LogP contribution in [0.1, 0.15) is 42.1 Å². The maximum absolute atomic E-state index is 12.3. The summed E-state index contributed by atoms with van der Waals surface area (Å²) in [5.74, 6) is 1.14. The number of piperidine rings is 1. The largest absolute Gasteiger partial charge is 0.486 e. The number of nitrogens with zero attached hydrogens (tertiary/aromatic N) is 1. The Morgan fingerprint density at radius 3 is 2.34 bits per heavy atom. The van der Waals surface area contributed by atoms with Gasteiger partial charge in [0.1, 0.15) is 12.4 Å². The first-order valence-electron chi connectivity index (χ1n) is 9.82. The summed E-state index contributed by atoms with van der Waals surface area (Å²) in [5, 5.41) is 1.16. The number of halogens is 2. The third-order valence-electron chi connectivity index (χ3n) is 5.27. The van der Waals surface area contributed by atoms with Gasteiger partial charge in [-0.1, -0.05) is 29.3 Å². The fourth-order valence-electron chi connectivity index (χ4n) is 3.58. The molecule has 4 nitrogen and oxygen atoms in total. The molecule has 0 saturated carbocycles. The fraction of sp³-hybridized carbons (Fsp3) is 0.391. The molecule has 2 aromatic carbocycles. The summed E-state index contributed by atoms with van der Waals surface area (Å²) in [6.45, 7) is 4.37. The third-order valence-corrected chi connectivity index (χ3v) is 6.01. The molecule has 1 aliphatic rings. The number of ketones is 2. The summed E-state index contributed by atoms with van der Waals surface area (Å²) in [5.41, 5.74) is 1.79. The van der Waals surface area contributed by atoms with Gasteiger partial charge in [-0.05, 0) is 80.7 Å². The minimum atomic E-state index is 0.0122. The number of carbonyl (C=O) groups excluding carboxylic acids is 2. The Morgan fingerprint density at radius 1 is 1.03 bits per heavy atom. The van der Waals surface area contributed by atoms with E-state index in [4.69, 9.17) is 27.9 Å². The number of hydrogen-bond donors (Lipinski definition) is 0. The van der Waals surface area contributed by atoms with E-state index in [1.807, 2.05) is 18.2 Å². The zero-order valence-corrected chi connectivity index (χ0v) is 18.0. The summed E-state index contributed by atoms with van der Waals surface area (Å²) in [4.78, 5) is 26.0. The van der Waals surface area contributed by atoms with Crippen LogP contribution < -0.4 is 4.74 Å². The van der Waals surface area contributed by atoms with Crippen molar-refractivity contribution in [3.8, 4) is 5.75 Å². The number of hydrogen-bond acceptors (Lipinski definition) is 4. The number of carbonyl (C=O) groups is 2. The molecule has 0 radical (unpaired) electrons. The Bertz CT molecular complexity index is 859. The van der Waals surface area contributed by atoms with Gasteiger partial charge in [-0.15, -0.1) is 0 Å². The van der Waals surface area contributed by atoms with Crippen LogP contribution in [0, 0.1) is 5.92 Å². The van der Waals surface area contributed by atoms with Crippen molar-refractivity contribution in [2.24, 2.45) is 5.92 Å². The first kappa shape index (κ1) is 21.8. The highest BCUT2D eigenvalue weighted by Gasteiger charge is 2.22. The highest BCUT2D eigenvalue weighted by Crippen LogP contribution is 2.26. The summed E-state index contributed by atoms with van der Waals surface area (Å²) < 4.78 is 5.57. The maximum Gasteiger partial charge on any atom is 0.170 e. The monoisotopic (exact) mass is 433 g/mol. The smallest absolute Gasteiger partial charge is 0.170 e. The van der Waals surface area contributed by atoms with E-state index in [1.54, 1.807) is 24.3 Å². The highest BCUT2D eigenvalue weighted by molar-refractivity contribution is 6.42. The molecule has 154 valence electrons. The Kier molecular flexibility index (Phi) is 7.70. The zero-order valence-electron chi connectivity index (χ0n) is 16.5. The number of likely N-dealkylation sites (tertiary alicyclic amines) is 1. The van der Waals surface area contributed by atoms with Crippen LogP contribution in [0.5, 0.6) is 5.75 Å². The molecule has 1 heterocycles. The van der Waals surface area contributed by atoms with Crippen molar-refractivity contribution in [2.75, 3.05) is 19.7 Å². The second kappa shape index (κ2) is 10.2. The zero-order chi connectivity index (χ0) is 20.8. The van der Waals surface area contributed by atoms with Gasteiger partial charge in [0, 0.05) is 18.5 Å². The van der Waals surface area contributed by atoms with Gasteiger partial charge in [0.2, 0.25) is 0 Å². The molecular formula is C23H25Cl2NO3. The van der Waals surface area contributed by atoms with Crippen molar-refractivity contribution in [1.29, 1.82) is 0 Å². The normalized spacial score (nSPS) is 15.3. The number of rotatable bonds is 8. The van der Waals surface area contributed by atoms with E-state index in [9.17, 15) is 9.59 Å². The standard InChI is InChI=1S/C23H25Cl2NO3/c1-16(27)19-3-5-21(6-4-19)29-15-20(28)12-17-8-10-26(11-9-17)14-18-2-7-22(24)23(25)13-18/h2-7,13,17H,8-12,14-15H2,1H3. The van der Waals surface area contributed by atoms with Crippen LogP contribution >= 0.6 is 23.2 Å². The number of ether oxygens (including phenoxy) is 1. The van der Waals surface area contributed by atoms with Gasteiger partial charge in [-0.2, -0.15) is 0 Å². The summed E-state index contributed by atoms with van der Waals surface area (Å²) in [6.07, 6.45) is 2.55. The fourth-order valence-corrected chi connectivity index (χ4v) is 3.90. The summed E-state index contributed by atoms with van der Waals surface area (Å²) in [7, 11) is 0. The van der Waals surface area contributed by atoms with E-state index in [2.05, 4.69) is 4.90 Å². The minimum absolute atomic E-state index is 0.0122. The lowest BCUT2D eigenvalue weighted by Gasteiger charge is -2.31. The quantitative estimate of drug-likeness (QED) is 0.519. The molecule has 0 aliphatic carbocycles. The molecule has 1 aliphatic heterocycles. The molecule has 6 heteroatoms. The molecule has 1 fully saturated rings. The van der Waals surface area contributed by atoms with Gasteiger partial charge >= 0.3 is 0 Å². The van der Waals surface area contributed by atoms with Crippen LogP contribution in [0.15, 0.2) is 42.5 Å². The maximum atomic E-state index is 12.3. The van der Waals surface area contributed by atoms with E-state index < -0.39 is 0 Å². The SMILES string of the molecule is CC(=O)c1ccc(OCC(=O)CC2CCN(Cc3ccc(Cl)c(Cl)c3)CC2)cc1. The van der Waals surface area contributed by atoms with Crippen LogP contribution in [0.2, 0.25) is 10.0 Å². The van der Waals surface area contributed by atoms with Crippen molar-refractivity contribution in [2.45, 2.75) is 32.7 Å². The van der Waals surface area contributed by atoms with Crippen molar-refractivity contribution in [3.05, 3.63) is 63.6 Å². The number of benzene rings is 2. The van der Waals surface area contributed by atoms with Gasteiger partial charge in [0.15, 0.2) is 11.6 Å². The molecule has 29 heavy (non-hydrogen) atoms. The van der Waals surface area contributed by atoms with Gasteiger partial charge in [0.05, 0.1) is 10.0 Å². The van der Waals surface area contributed by atoms with Crippen molar-refractivity contribution >= 4 is 34.8 Å².